The molecule has 0 aliphatic rings. The largest absolute Gasteiger partial charge is 0.461 e. The van der Waals surface area contributed by atoms with Gasteiger partial charge in [-0.05, 0) is 11.6 Å². The van der Waals surface area contributed by atoms with Crippen LogP contribution in [0.15, 0.2) is 35.3 Å². The molecule has 0 aliphatic heterocycles. The van der Waals surface area contributed by atoms with Gasteiger partial charge >= 0.3 is 11.7 Å². The quantitative estimate of drug-likeness (QED) is 0.513. The normalized spacial score (nSPS) is 10.9. The summed E-state index contributed by atoms with van der Waals surface area (Å²) in [6.07, 6.45) is 2.27. The number of hydrogen-bond acceptors (Lipinski definition) is 6. The van der Waals surface area contributed by atoms with Crippen LogP contribution in [-0.2, 0) is 11.3 Å². The van der Waals surface area contributed by atoms with Gasteiger partial charge in [0.05, 0.1) is 19.3 Å². The van der Waals surface area contributed by atoms with Crippen LogP contribution in [0.1, 0.15) is 15.9 Å². The molecule has 124 valence electrons. The highest BCUT2D eigenvalue weighted by molar-refractivity contribution is 5.75. The topological polar surface area (TPSA) is 99.1 Å². The molecular weight excluding hydrogens is 312 g/mol. The number of nitrogens with zero attached hydrogens (tertiary/aromatic N) is 3. The maximum atomic E-state index is 12.2. The third-order valence-corrected chi connectivity index (χ3v) is 3.44. The Labute approximate surface area is 137 Å². The zero-order valence-corrected chi connectivity index (χ0v) is 13.1. The van der Waals surface area contributed by atoms with E-state index in [1.54, 1.807) is 25.3 Å². The number of methoxy groups -OCH3 is 1. The number of nitrogens with one attached hydrogen (secondary N) is 1. The van der Waals surface area contributed by atoms with E-state index in [4.69, 9.17) is 9.47 Å². The molecule has 3 rings (SSSR count). The van der Waals surface area contributed by atoms with Crippen LogP contribution in [-0.4, -0.2) is 46.1 Å². The van der Waals surface area contributed by atoms with Gasteiger partial charge in [-0.2, -0.15) is 4.98 Å². The first-order valence-corrected chi connectivity index (χ1v) is 7.32. The van der Waals surface area contributed by atoms with E-state index < -0.39 is 0 Å². The number of hydrogen-bond donors (Lipinski definition) is 1. The number of H-pyrrole nitrogens is 1. The van der Waals surface area contributed by atoms with E-state index in [1.807, 2.05) is 6.07 Å². The first-order valence-electron chi connectivity index (χ1n) is 7.32. The summed E-state index contributed by atoms with van der Waals surface area (Å²) in [4.78, 5) is 34.1. The van der Waals surface area contributed by atoms with Crippen molar-refractivity contribution in [2.24, 2.45) is 0 Å². The van der Waals surface area contributed by atoms with E-state index in [1.165, 1.54) is 10.8 Å². The molecule has 2 aromatic heterocycles. The Morgan fingerprint density at radius 1 is 1.33 bits per heavy atom. The second-order valence-electron chi connectivity index (χ2n) is 5.11. The summed E-state index contributed by atoms with van der Waals surface area (Å²) < 4.78 is 11.8. The zero-order valence-electron chi connectivity index (χ0n) is 13.1. The lowest BCUT2D eigenvalue weighted by Gasteiger charge is -2.06. The van der Waals surface area contributed by atoms with Crippen LogP contribution in [0.25, 0.3) is 11.2 Å². The van der Waals surface area contributed by atoms with Crippen LogP contribution in [0.5, 0.6) is 6.01 Å². The molecule has 0 aliphatic carbocycles. The molecular formula is C16H16N4O4. The Morgan fingerprint density at radius 3 is 3.00 bits per heavy atom. The maximum absolute atomic E-state index is 12.2. The number of carbonyl (C=O) groups is 1. The van der Waals surface area contributed by atoms with Crippen molar-refractivity contribution in [3.8, 4) is 6.01 Å². The molecule has 8 heteroatoms. The van der Waals surface area contributed by atoms with Crippen LogP contribution in [0, 0.1) is 0 Å². The highest BCUT2D eigenvalue weighted by Crippen LogP contribution is 2.13. The minimum absolute atomic E-state index is 0.175. The predicted octanol–water partition coefficient (Wildman–Crippen LogP) is 1.01. The van der Waals surface area contributed by atoms with Crippen molar-refractivity contribution in [2.45, 2.75) is 6.54 Å². The van der Waals surface area contributed by atoms with E-state index in [0.29, 0.717) is 29.9 Å². The number of aromatic amines is 1. The number of fused-ring (bicyclic) bond motifs is 1. The van der Waals surface area contributed by atoms with Gasteiger partial charge in [-0.25, -0.2) is 9.78 Å². The molecule has 0 saturated carbocycles. The summed E-state index contributed by atoms with van der Waals surface area (Å²) in [6.45, 7) is 1.02. The third kappa shape index (κ3) is 3.33. The fourth-order valence-electron chi connectivity index (χ4n) is 2.31. The van der Waals surface area contributed by atoms with Gasteiger partial charge in [0.25, 0.3) is 0 Å². The molecule has 24 heavy (non-hydrogen) atoms. The number of imidazole rings is 1. The Morgan fingerprint density at radius 2 is 2.21 bits per heavy atom. The van der Waals surface area contributed by atoms with Crippen LogP contribution >= 0.6 is 0 Å². The van der Waals surface area contributed by atoms with Crippen LogP contribution in [0.3, 0.4) is 0 Å². The number of carbonyl (C=O) groups excluding carboxylic acids is 1. The van der Waals surface area contributed by atoms with Gasteiger partial charge < -0.3 is 14.5 Å². The van der Waals surface area contributed by atoms with Crippen molar-refractivity contribution in [2.75, 3.05) is 20.3 Å². The smallest absolute Gasteiger partial charge is 0.328 e. The van der Waals surface area contributed by atoms with Gasteiger partial charge in [0.15, 0.2) is 5.65 Å². The van der Waals surface area contributed by atoms with Gasteiger partial charge in [0, 0.05) is 12.7 Å². The van der Waals surface area contributed by atoms with E-state index in [9.17, 15) is 9.59 Å². The molecule has 1 N–H and O–H groups in total. The lowest BCUT2D eigenvalue weighted by molar-refractivity contribution is 0.112. The molecule has 0 saturated heterocycles. The maximum Gasteiger partial charge on any atom is 0.328 e. The first kappa shape index (κ1) is 15.9. The van der Waals surface area contributed by atoms with Gasteiger partial charge in [0.1, 0.15) is 18.4 Å². The number of rotatable bonds is 7. The minimum atomic E-state index is -0.301. The summed E-state index contributed by atoms with van der Waals surface area (Å²) in [7, 11) is 1.57. The molecule has 0 spiro atoms. The van der Waals surface area contributed by atoms with Crippen molar-refractivity contribution >= 4 is 17.5 Å². The average molecular weight is 328 g/mol. The molecule has 3 aromatic rings. The lowest BCUT2D eigenvalue weighted by Crippen LogP contribution is -2.18. The zero-order chi connectivity index (χ0) is 16.9. The fourth-order valence-corrected chi connectivity index (χ4v) is 2.31. The van der Waals surface area contributed by atoms with E-state index in [-0.39, 0.29) is 18.2 Å². The molecule has 0 bridgehead atoms. The fraction of sp³-hybridized carbons (Fsp3) is 0.250. The van der Waals surface area contributed by atoms with Crippen molar-refractivity contribution in [1.82, 2.24) is 19.5 Å². The van der Waals surface area contributed by atoms with Crippen LogP contribution in [0.4, 0.5) is 0 Å². The molecule has 0 unspecified atom stereocenters. The summed E-state index contributed by atoms with van der Waals surface area (Å²) in [5.41, 5.74) is 2.04. The summed E-state index contributed by atoms with van der Waals surface area (Å²) >= 11 is 0. The Hall–Kier alpha value is -3.00. The predicted molar refractivity (Wildman–Crippen MR) is 86.5 cm³/mol. The van der Waals surface area contributed by atoms with Gasteiger partial charge in [-0.15, -0.1) is 0 Å². The van der Waals surface area contributed by atoms with E-state index in [2.05, 4.69) is 15.0 Å². The second kappa shape index (κ2) is 7.05. The lowest BCUT2D eigenvalue weighted by atomic mass is 10.1. The molecule has 1 aromatic carbocycles. The Kier molecular flexibility index (Phi) is 4.66. The highest BCUT2D eigenvalue weighted by Gasteiger charge is 2.11. The van der Waals surface area contributed by atoms with Crippen LogP contribution < -0.4 is 10.4 Å². The second-order valence-corrected chi connectivity index (χ2v) is 5.11. The highest BCUT2D eigenvalue weighted by atomic mass is 16.5. The number of ether oxygens (including phenoxy) is 2. The van der Waals surface area contributed by atoms with Gasteiger partial charge in [-0.1, -0.05) is 18.2 Å². The average Bonchev–Trinajstić information content (AvgIpc) is 2.91. The summed E-state index contributed by atoms with van der Waals surface area (Å²) in [5, 5.41) is 0. The van der Waals surface area contributed by atoms with Crippen molar-refractivity contribution in [3.63, 3.8) is 0 Å². The van der Waals surface area contributed by atoms with Crippen molar-refractivity contribution < 1.29 is 14.3 Å². The molecule has 2 heterocycles. The van der Waals surface area contributed by atoms with E-state index >= 15 is 0 Å². The summed E-state index contributed by atoms with van der Waals surface area (Å²) in [5.74, 6) is 0. The van der Waals surface area contributed by atoms with Crippen molar-refractivity contribution in [1.29, 1.82) is 0 Å². The van der Waals surface area contributed by atoms with Gasteiger partial charge in [-0.3, -0.25) is 9.36 Å². The Balaban J connectivity index is 1.93. The minimum Gasteiger partial charge on any atom is -0.461 e. The molecule has 0 amide bonds. The number of aromatic nitrogens is 4. The summed E-state index contributed by atoms with van der Waals surface area (Å²) in [6, 6.07) is 7.23. The number of aldehydes is 1. The standard InChI is InChI=1S/C16H16N4O4/c1-23-5-6-24-15-17-8-13-14(19-15)20(16(22)18-13)9-11-3-2-4-12(7-11)10-21/h2-4,7-8,10H,5-6,9H2,1H3,(H,18,22). The molecule has 0 radical (unpaired) electrons. The van der Waals surface area contributed by atoms with E-state index in [0.717, 1.165) is 11.8 Å². The molecule has 8 nitrogen and oxygen atoms in total. The Bertz CT molecular complexity index is 916. The first-order chi connectivity index (χ1) is 11.7. The number of benzene rings is 1. The third-order valence-electron chi connectivity index (χ3n) is 3.44. The monoisotopic (exact) mass is 328 g/mol. The van der Waals surface area contributed by atoms with Crippen LogP contribution in [0.2, 0.25) is 0 Å². The molecule has 0 fully saturated rings. The van der Waals surface area contributed by atoms with Gasteiger partial charge in [0.2, 0.25) is 0 Å². The molecule has 0 atom stereocenters. The van der Waals surface area contributed by atoms with Crippen molar-refractivity contribution in [3.05, 3.63) is 52.1 Å². The SMILES string of the molecule is COCCOc1ncc2[nH]c(=O)n(Cc3cccc(C=O)c3)c2n1.